The molecule has 1 aromatic heterocycles. The van der Waals surface area contributed by atoms with Crippen molar-refractivity contribution in [2.75, 3.05) is 11.1 Å². The molecule has 0 saturated carbocycles. The molecule has 0 aliphatic carbocycles. The van der Waals surface area contributed by atoms with Crippen molar-refractivity contribution in [1.82, 2.24) is 4.98 Å². The van der Waals surface area contributed by atoms with E-state index in [2.05, 4.69) is 36.3 Å². The van der Waals surface area contributed by atoms with E-state index in [1.54, 1.807) is 0 Å². The first kappa shape index (κ1) is 13.4. The third-order valence-corrected chi connectivity index (χ3v) is 4.38. The van der Waals surface area contributed by atoms with Gasteiger partial charge in [0.15, 0.2) is 5.17 Å². The van der Waals surface area contributed by atoms with Gasteiger partial charge in [-0.25, -0.2) is 0 Å². The van der Waals surface area contributed by atoms with Gasteiger partial charge in [0.2, 0.25) is 0 Å². The minimum atomic E-state index is 0.454. The zero-order chi connectivity index (χ0) is 13.9. The average Bonchev–Trinajstić information content (AvgIpc) is 2.86. The largest absolute Gasteiger partial charge is 0.334 e. The normalized spacial score (nSPS) is 18.6. The number of pyridine rings is 1. The zero-order valence-corrected chi connectivity index (χ0v) is 12.7. The standard InChI is InChI=1S/C16H19N3S/c1-11(2)9-12-10-20-16(18-12)19-15-7-3-6-14-13(15)5-4-8-17-14/h3-8,11-12H,9-10H2,1-2H3,(H,18,19). The highest BCUT2D eigenvalue weighted by molar-refractivity contribution is 8.14. The Morgan fingerprint density at radius 2 is 2.20 bits per heavy atom. The highest BCUT2D eigenvalue weighted by atomic mass is 32.2. The molecule has 1 aliphatic heterocycles. The van der Waals surface area contributed by atoms with Crippen molar-refractivity contribution >= 4 is 33.5 Å². The summed E-state index contributed by atoms with van der Waals surface area (Å²) in [4.78, 5) is 9.16. The van der Waals surface area contributed by atoms with Gasteiger partial charge >= 0.3 is 0 Å². The van der Waals surface area contributed by atoms with Crippen LogP contribution >= 0.6 is 11.8 Å². The summed E-state index contributed by atoms with van der Waals surface area (Å²) >= 11 is 1.81. The number of anilines is 1. The fraction of sp³-hybridized carbons (Fsp3) is 0.375. The molecular formula is C16H19N3S. The zero-order valence-electron chi connectivity index (χ0n) is 11.8. The molecule has 3 nitrogen and oxygen atoms in total. The maximum atomic E-state index is 4.78. The first-order chi connectivity index (χ1) is 9.72. The van der Waals surface area contributed by atoms with Crippen molar-refractivity contribution in [3.8, 4) is 0 Å². The second-order valence-corrected chi connectivity index (χ2v) is 6.54. The minimum Gasteiger partial charge on any atom is -0.334 e. The molecule has 1 N–H and O–H groups in total. The number of aromatic nitrogens is 1. The molecule has 1 unspecified atom stereocenters. The van der Waals surface area contributed by atoms with Crippen molar-refractivity contribution in [3.63, 3.8) is 0 Å². The molecule has 1 aromatic carbocycles. The Morgan fingerprint density at radius 3 is 3.05 bits per heavy atom. The van der Waals surface area contributed by atoms with Crippen molar-refractivity contribution in [3.05, 3.63) is 36.5 Å². The molecule has 4 heteroatoms. The van der Waals surface area contributed by atoms with Crippen molar-refractivity contribution in [1.29, 1.82) is 0 Å². The SMILES string of the molecule is CC(C)CC1CSC(Nc2cccc3ncccc23)=N1. The van der Waals surface area contributed by atoms with Crippen LogP contribution in [0.2, 0.25) is 0 Å². The van der Waals surface area contributed by atoms with Crippen LogP contribution in [-0.4, -0.2) is 21.9 Å². The van der Waals surface area contributed by atoms with Crippen LogP contribution in [0.5, 0.6) is 0 Å². The van der Waals surface area contributed by atoms with E-state index in [1.165, 1.54) is 0 Å². The number of benzene rings is 1. The number of amidine groups is 1. The minimum absolute atomic E-state index is 0.454. The van der Waals surface area contributed by atoms with Gasteiger partial charge in [0.1, 0.15) is 0 Å². The molecule has 3 rings (SSSR count). The lowest BCUT2D eigenvalue weighted by atomic mass is 10.1. The molecule has 20 heavy (non-hydrogen) atoms. The van der Waals surface area contributed by atoms with Gasteiger partial charge in [-0.15, -0.1) is 0 Å². The predicted octanol–water partition coefficient (Wildman–Crippen LogP) is 4.16. The van der Waals surface area contributed by atoms with E-state index in [-0.39, 0.29) is 0 Å². The molecule has 0 bridgehead atoms. The Hall–Kier alpha value is -1.55. The van der Waals surface area contributed by atoms with Crippen molar-refractivity contribution < 1.29 is 0 Å². The summed E-state index contributed by atoms with van der Waals surface area (Å²) in [5, 5.41) is 5.64. The Bertz CT molecular complexity index is 631. The monoisotopic (exact) mass is 285 g/mol. The molecule has 104 valence electrons. The maximum Gasteiger partial charge on any atom is 0.161 e. The van der Waals surface area contributed by atoms with Crippen LogP contribution in [0.15, 0.2) is 41.5 Å². The van der Waals surface area contributed by atoms with Crippen LogP contribution in [0, 0.1) is 5.92 Å². The fourth-order valence-corrected chi connectivity index (χ4v) is 3.44. The van der Waals surface area contributed by atoms with Gasteiger partial charge in [-0.05, 0) is 36.6 Å². The molecule has 0 saturated heterocycles. The average molecular weight is 285 g/mol. The fourth-order valence-electron chi connectivity index (χ4n) is 2.48. The molecule has 0 spiro atoms. The van der Waals surface area contributed by atoms with E-state index in [1.807, 2.05) is 36.2 Å². The van der Waals surface area contributed by atoms with E-state index < -0.39 is 0 Å². The number of nitrogens with zero attached hydrogens (tertiary/aromatic N) is 2. The first-order valence-electron chi connectivity index (χ1n) is 7.04. The summed E-state index contributed by atoms with van der Waals surface area (Å²) in [5.41, 5.74) is 2.10. The van der Waals surface area contributed by atoms with Crippen LogP contribution < -0.4 is 5.32 Å². The van der Waals surface area contributed by atoms with Crippen LogP contribution in [0.25, 0.3) is 10.9 Å². The van der Waals surface area contributed by atoms with E-state index in [0.29, 0.717) is 12.0 Å². The highest BCUT2D eigenvalue weighted by Gasteiger charge is 2.19. The molecule has 0 amide bonds. The van der Waals surface area contributed by atoms with Gasteiger partial charge in [0.05, 0.1) is 11.6 Å². The number of nitrogens with one attached hydrogen (secondary N) is 1. The van der Waals surface area contributed by atoms with Gasteiger partial charge in [0.25, 0.3) is 0 Å². The van der Waals surface area contributed by atoms with Gasteiger partial charge in [0, 0.05) is 23.0 Å². The summed E-state index contributed by atoms with van der Waals surface area (Å²) in [6.07, 6.45) is 2.99. The molecule has 2 aromatic rings. The third kappa shape index (κ3) is 2.96. The summed E-state index contributed by atoms with van der Waals surface area (Å²) < 4.78 is 0. The van der Waals surface area contributed by atoms with E-state index >= 15 is 0 Å². The summed E-state index contributed by atoms with van der Waals surface area (Å²) in [7, 11) is 0. The summed E-state index contributed by atoms with van der Waals surface area (Å²) in [6.45, 7) is 4.50. The molecule has 0 fully saturated rings. The topological polar surface area (TPSA) is 37.3 Å². The molecule has 0 radical (unpaired) electrons. The third-order valence-electron chi connectivity index (χ3n) is 3.34. The van der Waals surface area contributed by atoms with E-state index in [0.717, 1.165) is 33.9 Å². The van der Waals surface area contributed by atoms with Crippen LogP contribution in [0.1, 0.15) is 20.3 Å². The Labute approximate surface area is 123 Å². The van der Waals surface area contributed by atoms with Gasteiger partial charge in [-0.2, -0.15) is 0 Å². The highest BCUT2D eigenvalue weighted by Crippen LogP contribution is 2.27. The second kappa shape index (κ2) is 5.83. The Balaban J connectivity index is 1.80. The van der Waals surface area contributed by atoms with Gasteiger partial charge in [-0.3, -0.25) is 9.98 Å². The Kier molecular flexibility index (Phi) is 3.92. The molecule has 2 heterocycles. The molecular weight excluding hydrogens is 266 g/mol. The van der Waals surface area contributed by atoms with Gasteiger partial charge in [-0.1, -0.05) is 31.7 Å². The van der Waals surface area contributed by atoms with Crippen LogP contribution in [0.4, 0.5) is 5.69 Å². The molecule has 1 aliphatic rings. The Morgan fingerprint density at radius 1 is 1.30 bits per heavy atom. The second-order valence-electron chi connectivity index (χ2n) is 5.53. The predicted molar refractivity (Wildman–Crippen MR) is 88.5 cm³/mol. The maximum absolute atomic E-state index is 4.78. The lowest BCUT2D eigenvalue weighted by Gasteiger charge is -2.08. The number of thioether (sulfide) groups is 1. The van der Waals surface area contributed by atoms with Crippen molar-refractivity contribution in [2.24, 2.45) is 10.9 Å². The van der Waals surface area contributed by atoms with E-state index in [4.69, 9.17) is 4.99 Å². The smallest absolute Gasteiger partial charge is 0.161 e. The van der Waals surface area contributed by atoms with Gasteiger partial charge < -0.3 is 5.32 Å². The number of rotatable bonds is 3. The van der Waals surface area contributed by atoms with Crippen molar-refractivity contribution in [2.45, 2.75) is 26.3 Å². The lowest BCUT2D eigenvalue weighted by Crippen LogP contribution is -2.08. The lowest BCUT2D eigenvalue weighted by molar-refractivity contribution is 0.529. The number of hydrogen-bond acceptors (Lipinski definition) is 4. The summed E-state index contributed by atoms with van der Waals surface area (Å²) in [6, 6.07) is 10.7. The summed E-state index contributed by atoms with van der Waals surface area (Å²) in [5.74, 6) is 1.79. The quantitative estimate of drug-likeness (QED) is 0.920. The van der Waals surface area contributed by atoms with E-state index in [9.17, 15) is 0 Å². The number of hydrogen-bond donors (Lipinski definition) is 1. The van der Waals surface area contributed by atoms with Crippen LogP contribution in [0.3, 0.4) is 0 Å². The first-order valence-corrected chi connectivity index (χ1v) is 8.02. The number of aliphatic imine (C=N–C) groups is 1. The number of fused-ring (bicyclic) bond motifs is 1. The van der Waals surface area contributed by atoms with Crippen LogP contribution in [-0.2, 0) is 0 Å². The molecule has 1 atom stereocenters.